The minimum atomic E-state index is -0.391. The minimum absolute atomic E-state index is 0.101. The second-order valence-corrected chi connectivity index (χ2v) is 7.85. The van der Waals surface area contributed by atoms with Gasteiger partial charge in [-0.2, -0.15) is 10.3 Å². The lowest BCUT2D eigenvalue weighted by atomic mass is 9.99. The normalized spacial score (nSPS) is 11.4. The van der Waals surface area contributed by atoms with Crippen LogP contribution >= 0.6 is 11.3 Å². The average Bonchev–Trinajstić information content (AvgIpc) is 3.10. The molecular weight excluding hydrogens is 384 g/mol. The van der Waals surface area contributed by atoms with Crippen LogP contribution in [0.25, 0.3) is 0 Å². The van der Waals surface area contributed by atoms with Crippen molar-refractivity contribution in [1.29, 1.82) is 5.26 Å². The monoisotopic (exact) mass is 406 g/mol. The quantitative estimate of drug-likeness (QED) is 0.706. The highest BCUT2D eigenvalue weighted by molar-refractivity contribution is 7.07. The standard InChI is InChI=1S/C22H22N4O2S/c1-14-4-6-17(7-5-14)13-26-10-11-29-22(26)25-20(27)9-8-18-15(2)19(12-23)21(28)24-16(18)3/h4-7,10-11H,8-9,13H2,1-3H3,(H,24,28). The highest BCUT2D eigenvalue weighted by Crippen LogP contribution is 2.15. The number of hydrogen-bond donors (Lipinski definition) is 1. The lowest BCUT2D eigenvalue weighted by Gasteiger charge is -2.09. The zero-order valence-electron chi connectivity index (χ0n) is 16.7. The van der Waals surface area contributed by atoms with Crippen molar-refractivity contribution in [2.75, 3.05) is 0 Å². The topological polar surface area (TPSA) is 91.0 Å². The summed E-state index contributed by atoms with van der Waals surface area (Å²) in [6.07, 6.45) is 2.56. The molecule has 0 aliphatic rings. The molecule has 2 aromatic heterocycles. The first kappa shape index (κ1) is 20.5. The Labute approximate surface area is 172 Å². The van der Waals surface area contributed by atoms with Gasteiger partial charge in [-0.3, -0.25) is 9.59 Å². The van der Waals surface area contributed by atoms with Crippen molar-refractivity contribution in [3.63, 3.8) is 0 Å². The number of aryl methyl sites for hydroxylation is 2. The molecule has 0 unspecified atom stereocenters. The van der Waals surface area contributed by atoms with Crippen LogP contribution in [0.15, 0.2) is 45.6 Å². The molecule has 1 amide bonds. The minimum Gasteiger partial charge on any atom is -0.325 e. The van der Waals surface area contributed by atoms with Crippen molar-refractivity contribution in [3.05, 3.63) is 84.5 Å². The summed E-state index contributed by atoms with van der Waals surface area (Å²) in [6, 6.07) is 10.2. The fourth-order valence-corrected chi connectivity index (χ4v) is 3.96. The Morgan fingerprint density at radius 3 is 2.66 bits per heavy atom. The van der Waals surface area contributed by atoms with Gasteiger partial charge in [-0.05, 0) is 43.9 Å². The molecule has 1 aromatic carbocycles. The molecule has 0 spiro atoms. The van der Waals surface area contributed by atoms with E-state index in [1.807, 2.05) is 29.1 Å². The molecule has 3 rings (SSSR count). The van der Waals surface area contributed by atoms with Gasteiger partial charge in [0, 0.05) is 30.2 Å². The van der Waals surface area contributed by atoms with Crippen molar-refractivity contribution in [1.82, 2.24) is 9.55 Å². The van der Waals surface area contributed by atoms with Crippen LogP contribution in [0.1, 0.15) is 39.9 Å². The summed E-state index contributed by atoms with van der Waals surface area (Å²) in [5.41, 5.74) is 4.20. The molecule has 0 radical (unpaired) electrons. The van der Waals surface area contributed by atoms with E-state index in [2.05, 4.69) is 34.2 Å². The molecule has 148 valence electrons. The third-order valence-electron chi connectivity index (χ3n) is 4.86. The van der Waals surface area contributed by atoms with Crippen LogP contribution < -0.4 is 10.4 Å². The maximum Gasteiger partial charge on any atom is 0.266 e. The number of nitrogens with one attached hydrogen (secondary N) is 1. The number of carbonyl (C=O) groups excluding carboxylic acids is 1. The van der Waals surface area contributed by atoms with Gasteiger partial charge in [-0.1, -0.05) is 29.8 Å². The van der Waals surface area contributed by atoms with Gasteiger partial charge in [0.2, 0.25) is 5.91 Å². The molecule has 2 heterocycles. The second kappa shape index (κ2) is 8.84. The maximum absolute atomic E-state index is 12.5. The SMILES string of the molecule is Cc1ccc(Cn2ccsc2=NC(=O)CCc2c(C)[nH]c(=O)c(C#N)c2C)cc1. The van der Waals surface area contributed by atoms with Gasteiger partial charge in [0.25, 0.3) is 5.56 Å². The molecule has 7 heteroatoms. The fourth-order valence-electron chi connectivity index (χ4n) is 3.21. The van der Waals surface area contributed by atoms with Crippen LogP contribution in [0.4, 0.5) is 0 Å². The van der Waals surface area contributed by atoms with Crippen molar-refractivity contribution < 1.29 is 4.79 Å². The molecular formula is C22H22N4O2S. The van der Waals surface area contributed by atoms with E-state index in [0.717, 1.165) is 11.1 Å². The zero-order valence-corrected chi connectivity index (χ0v) is 17.5. The van der Waals surface area contributed by atoms with Crippen LogP contribution in [-0.2, 0) is 17.8 Å². The Hall–Kier alpha value is -3.24. The van der Waals surface area contributed by atoms with Crippen LogP contribution in [-0.4, -0.2) is 15.5 Å². The van der Waals surface area contributed by atoms with Crippen molar-refractivity contribution in [3.8, 4) is 6.07 Å². The van der Waals surface area contributed by atoms with Gasteiger partial charge in [0.15, 0.2) is 4.80 Å². The summed E-state index contributed by atoms with van der Waals surface area (Å²) >= 11 is 1.42. The van der Waals surface area contributed by atoms with E-state index in [1.54, 1.807) is 13.8 Å². The molecule has 3 aromatic rings. The summed E-state index contributed by atoms with van der Waals surface area (Å²) in [6.45, 7) is 6.22. The molecule has 0 bridgehead atoms. The predicted molar refractivity (Wildman–Crippen MR) is 113 cm³/mol. The smallest absolute Gasteiger partial charge is 0.266 e. The van der Waals surface area contributed by atoms with E-state index in [-0.39, 0.29) is 17.9 Å². The first-order valence-corrected chi connectivity index (χ1v) is 10.2. The summed E-state index contributed by atoms with van der Waals surface area (Å²) < 4.78 is 1.96. The number of carbonyl (C=O) groups is 1. The number of amides is 1. The molecule has 0 saturated heterocycles. The number of aromatic amines is 1. The van der Waals surface area contributed by atoms with Crippen LogP contribution in [0, 0.1) is 32.1 Å². The van der Waals surface area contributed by atoms with Crippen molar-refractivity contribution >= 4 is 17.2 Å². The number of benzene rings is 1. The van der Waals surface area contributed by atoms with E-state index in [9.17, 15) is 14.9 Å². The number of nitriles is 1. The Morgan fingerprint density at radius 2 is 1.97 bits per heavy atom. The van der Waals surface area contributed by atoms with Gasteiger partial charge >= 0.3 is 0 Å². The van der Waals surface area contributed by atoms with Crippen LogP contribution in [0.3, 0.4) is 0 Å². The molecule has 29 heavy (non-hydrogen) atoms. The molecule has 1 N–H and O–H groups in total. The van der Waals surface area contributed by atoms with Crippen LogP contribution in [0.2, 0.25) is 0 Å². The number of H-pyrrole nitrogens is 1. The van der Waals surface area contributed by atoms with E-state index in [1.165, 1.54) is 16.9 Å². The highest BCUT2D eigenvalue weighted by atomic mass is 32.1. The van der Waals surface area contributed by atoms with Crippen molar-refractivity contribution in [2.24, 2.45) is 4.99 Å². The summed E-state index contributed by atoms with van der Waals surface area (Å²) in [5, 5.41) is 11.1. The van der Waals surface area contributed by atoms with Gasteiger partial charge < -0.3 is 9.55 Å². The molecule has 0 aliphatic carbocycles. The number of nitrogens with zero attached hydrogens (tertiary/aromatic N) is 3. The zero-order chi connectivity index (χ0) is 21.0. The predicted octanol–water partition coefficient (Wildman–Crippen LogP) is 3.14. The summed E-state index contributed by atoms with van der Waals surface area (Å²) in [4.78, 5) is 31.9. The lowest BCUT2D eigenvalue weighted by Crippen LogP contribution is -2.18. The average molecular weight is 407 g/mol. The number of thiazole rings is 1. The Bertz CT molecular complexity index is 1210. The summed E-state index contributed by atoms with van der Waals surface area (Å²) in [5.74, 6) is -0.228. The summed E-state index contributed by atoms with van der Waals surface area (Å²) in [7, 11) is 0. The maximum atomic E-state index is 12.5. The third-order valence-corrected chi connectivity index (χ3v) is 5.66. The largest absolute Gasteiger partial charge is 0.325 e. The Balaban J connectivity index is 1.76. The Kier molecular flexibility index (Phi) is 6.25. The third kappa shape index (κ3) is 4.79. The molecule has 0 fully saturated rings. The molecule has 0 saturated carbocycles. The van der Waals surface area contributed by atoms with E-state index < -0.39 is 5.56 Å². The number of aromatic nitrogens is 2. The van der Waals surface area contributed by atoms with Crippen LogP contribution in [0.5, 0.6) is 0 Å². The molecule has 0 aliphatic heterocycles. The second-order valence-electron chi connectivity index (χ2n) is 6.97. The van der Waals surface area contributed by atoms with Gasteiger partial charge in [0.1, 0.15) is 11.6 Å². The number of hydrogen-bond acceptors (Lipinski definition) is 4. The van der Waals surface area contributed by atoms with E-state index >= 15 is 0 Å². The number of rotatable bonds is 5. The molecule has 0 atom stereocenters. The Morgan fingerprint density at radius 1 is 1.24 bits per heavy atom. The highest BCUT2D eigenvalue weighted by Gasteiger charge is 2.13. The number of pyridine rings is 1. The van der Waals surface area contributed by atoms with Gasteiger partial charge in [-0.15, -0.1) is 11.3 Å². The molecule has 6 nitrogen and oxygen atoms in total. The van der Waals surface area contributed by atoms with E-state index in [0.29, 0.717) is 29.0 Å². The van der Waals surface area contributed by atoms with Crippen molar-refractivity contribution in [2.45, 2.75) is 40.2 Å². The first-order valence-electron chi connectivity index (χ1n) is 9.28. The van der Waals surface area contributed by atoms with Gasteiger partial charge in [-0.25, -0.2) is 0 Å². The van der Waals surface area contributed by atoms with E-state index in [4.69, 9.17) is 0 Å². The fraction of sp³-hybridized carbons (Fsp3) is 0.273. The lowest BCUT2D eigenvalue weighted by molar-refractivity contribution is -0.118. The first-order chi connectivity index (χ1) is 13.9. The van der Waals surface area contributed by atoms with Gasteiger partial charge in [0.05, 0.1) is 0 Å².